The third kappa shape index (κ3) is 4.22. The number of amides is 3. The maximum absolute atomic E-state index is 13.6. The second kappa shape index (κ2) is 9.90. The molecule has 0 aromatic carbocycles. The van der Waals surface area contributed by atoms with Gasteiger partial charge >= 0.3 is 0 Å². The first-order valence-electron chi connectivity index (χ1n) is 11.5. The van der Waals surface area contributed by atoms with Gasteiger partial charge in [-0.25, -0.2) is 0 Å². The van der Waals surface area contributed by atoms with Crippen LogP contribution in [0, 0.1) is 11.8 Å². The smallest absolute Gasteiger partial charge is 0.244 e. The third-order valence-corrected chi connectivity index (χ3v) is 8.59. The fourth-order valence-electron chi connectivity index (χ4n) is 5.47. The molecule has 3 amide bonds. The third-order valence-electron chi connectivity index (χ3n) is 6.64. The van der Waals surface area contributed by atoms with E-state index in [0.29, 0.717) is 13.1 Å². The lowest BCUT2D eigenvalue weighted by Crippen LogP contribution is -2.54. The van der Waals surface area contributed by atoms with Gasteiger partial charge in [0.05, 0.1) is 16.6 Å². The summed E-state index contributed by atoms with van der Waals surface area (Å²) in [5.41, 5.74) is 0. The van der Waals surface area contributed by atoms with E-state index >= 15 is 0 Å². The summed E-state index contributed by atoms with van der Waals surface area (Å²) in [4.78, 5) is 41.6. The van der Waals surface area contributed by atoms with E-state index in [1.165, 1.54) is 0 Å². The molecule has 0 aliphatic carbocycles. The standard InChI is InChI=1S/C22H37N3O4S/c1-4-11-23-19(27)16-15-9-10-22(30-15)17(16)21(29)25(12-7-5-6-8-13-26)18(22)20(28)24-14(2)3/h14-18,26H,4-13H2,1-3H3,(H,23,27)(H,24,28)/t15-,16+,17+,18?,22?/m1/s1. The minimum absolute atomic E-state index is 0.00158. The van der Waals surface area contributed by atoms with E-state index in [2.05, 4.69) is 10.6 Å². The van der Waals surface area contributed by atoms with Crippen LogP contribution < -0.4 is 10.6 Å². The highest BCUT2D eigenvalue weighted by Gasteiger charge is 2.73. The predicted octanol–water partition coefficient (Wildman–Crippen LogP) is 1.68. The number of likely N-dealkylation sites (tertiary alicyclic amines) is 1. The Labute approximate surface area is 184 Å². The highest BCUT2D eigenvalue weighted by molar-refractivity contribution is 8.02. The van der Waals surface area contributed by atoms with Crippen LogP contribution in [-0.4, -0.2) is 69.5 Å². The van der Waals surface area contributed by atoms with Crippen molar-refractivity contribution in [2.24, 2.45) is 11.8 Å². The van der Waals surface area contributed by atoms with Gasteiger partial charge in [0.2, 0.25) is 17.7 Å². The van der Waals surface area contributed by atoms with Gasteiger partial charge in [-0.1, -0.05) is 19.8 Å². The number of unbranched alkanes of at least 4 members (excludes halogenated alkanes) is 3. The molecule has 3 fully saturated rings. The van der Waals surface area contributed by atoms with E-state index in [1.54, 1.807) is 16.7 Å². The number of carbonyl (C=O) groups excluding carboxylic acids is 3. The van der Waals surface area contributed by atoms with Crippen LogP contribution in [0.25, 0.3) is 0 Å². The summed E-state index contributed by atoms with van der Waals surface area (Å²) in [6, 6.07) is -0.504. The average molecular weight is 440 g/mol. The molecule has 3 rings (SSSR count). The SMILES string of the molecule is CCCNC(=O)[C@@H]1[C@H]2C(=O)N(CCCCCCO)C(C(=O)NC(C)C)C23CC[C@H]1S3. The van der Waals surface area contributed by atoms with E-state index in [9.17, 15) is 14.4 Å². The summed E-state index contributed by atoms with van der Waals surface area (Å²) in [5, 5.41) is 15.1. The van der Waals surface area contributed by atoms with Crippen LogP contribution in [0.1, 0.15) is 65.7 Å². The molecule has 30 heavy (non-hydrogen) atoms. The van der Waals surface area contributed by atoms with Gasteiger partial charge in [0.25, 0.3) is 0 Å². The average Bonchev–Trinajstić information content (AvgIpc) is 3.33. The molecule has 3 heterocycles. The van der Waals surface area contributed by atoms with Crippen molar-refractivity contribution in [3.05, 3.63) is 0 Å². The lowest BCUT2D eigenvalue weighted by molar-refractivity contribution is -0.140. The molecule has 2 unspecified atom stereocenters. The van der Waals surface area contributed by atoms with Crippen LogP contribution in [0.3, 0.4) is 0 Å². The molecule has 0 aromatic heterocycles. The lowest BCUT2D eigenvalue weighted by Gasteiger charge is -2.34. The maximum atomic E-state index is 13.6. The van der Waals surface area contributed by atoms with E-state index < -0.39 is 16.7 Å². The van der Waals surface area contributed by atoms with Gasteiger partial charge in [-0.2, -0.15) is 0 Å². The molecular formula is C22H37N3O4S. The number of thioether (sulfide) groups is 1. The van der Waals surface area contributed by atoms with Crippen molar-refractivity contribution >= 4 is 29.5 Å². The number of hydrogen-bond acceptors (Lipinski definition) is 5. The second-order valence-electron chi connectivity index (χ2n) is 9.18. The summed E-state index contributed by atoms with van der Waals surface area (Å²) in [6.45, 7) is 7.22. The number of hydrogen-bond donors (Lipinski definition) is 3. The number of carbonyl (C=O) groups is 3. The zero-order valence-corrected chi connectivity index (χ0v) is 19.3. The molecule has 3 N–H and O–H groups in total. The Balaban J connectivity index is 1.83. The molecule has 0 saturated carbocycles. The fourth-order valence-corrected chi connectivity index (χ4v) is 7.69. The van der Waals surface area contributed by atoms with E-state index in [0.717, 1.165) is 44.9 Å². The number of rotatable bonds is 11. The van der Waals surface area contributed by atoms with Gasteiger partial charge in [0.15, 0.2) is 0 Å². The molecule has 0 radical (unpaired) electrons. The van der Waals surface area contributed by atoms with Crippen LogP contribution in [0.5, 0.6) is 0 Å². The molecule has 3 aliphatic heterocycles. The molecule has 0 aromatic rings. The Hall–Kier alpha value is -1.28. The normalized spacial score (nSPS) is 32.0. The molecule has 170 valence electrons. The van der Waals surface area contributed by atoms with Crippen molar-refractivity contribution in [3.8, 4) is 0 Å². The fraction of sp³-hybridized carbons (Fsp3) is 0.864. The zero-order valence-electron chi connectivity index (χ0n) is 18.5. The van der Waals surface area contributed by atoms with Gasteiger partial charge in [0.1, 0.15) is 6.04 Å². The molecule has 1 spiro atoms. The lowest BCUT2D eigenvalue weighted by atomic mass is 9.70. The van der Waals surface area contributed by atoms with Crippen molar-refractivity contribution in [1.29, 1.82) is 0 Å². The Bertz CT molecular complexity index is 658. The van der Waals surface area contributed by atoms with Gasteiger partial charge in [-0.05, 0) is 46.0 Å². The number of nitrogens with one attached hydrogen (secondary N) is 2. The molecule has 3 saturated heterocycles. The van der Waals surface area contributed by atoms with Crippen molar-refractivity contribution in [1.82, 2.24) is 15.5 Å². The highest BCUT2D eigenvalue weighted by Crippen LogP contribution is 2.66. The first-order chi connectivity index (χ1) is 14.4. The van der Waals surface area contributed by atoms with Crippen LogP contribution in [0.4, 0.5) is 0 Å². The number of aliphatic hydroxyl groups excluding tert-OH is 1. The first kappa shape index (κ1) is 23.4. The Morgan fingerprint density at radius 2 is 1.97 bits per heavy atom. The van der Waals surface area contributed by atoms with Crippen molar-refractivity contribution in [2.75, 3.05) is 19.7 Å². The predicted molar refractivity (Wildman–Crippen MR) is 118 cm³/mol. The number of fused-ring (bicyclic) bond motifs is 1. The quantitative estimate of drug-likeness (QED) is 0.426. The van der Waals surface area contributed by atoms with E-state index in [1.807, 2.05) is 20.8 Å². The van der Waals surface area contributed by atoms with E-state index in [4.69, 9.17) is 5.11 Å². The molecular weight excluding hydrogens is 402 g/mol. The maximum Gasteiger partial charge on any atom is 0.244 e. The topological polar surface area (TPSA) is 98.7 Å². The van der Waals surface area contributed by atoms with Crippen molar-refractivity contribution < 1.29 is 19.5 Å². The molecule has 8 heteroatoms. The Kier molecular flexibility index (Phi) is 7.71. The van der Waals surface area contributed by atoms with Crippen LogP contribution in [0.15, 0.2) is 0 Å². The van der Waals surface area contributed by atoms with E-state index in [-0.39, 0.29) is 41.5 Å². The van der Waals surface area contributed by atoms with Crippen molar-refractivity contribution in [2.45, 2.75) is 87.8 Å². The molecule has 5 atom stereocenters. The Morgan fingerprint density at radius 3 is 2.63 bits per heavy atom. The number of aliphatic hydroxyl groups is 1. The minimum Gasteiger partial charge on any atom is -0.396 e. The summed E-state index contributed by atoms with van der Waals surface area (Å²) in [7, 11) is 0. The summed E-state index contributed by atoms with van der Waals surface area (Å²) < 4.78 is -0.486. The van der Waals surface area contributed by atoms with Gasteiger partial charge in [0, 0.05) is 31.0 Å². The molecule has 2 bridgehead atoms. The zero-order chi connectivity index (χ0) is 21.9. The van der Waals surface area contributed by atoms with Gasteiger partial charge in [-0.3, -0.25) is 14.4 Å². The van der Waals surface area contributed by atoms with Gasteiger partial charge < -0.3 is 20.6 Å². The largest absolute Gasteiger partial charge is 0.396 e. The summed E-state index contributed by atoms with van der Waals surface area (Å²) in [5.74, 6) is -0.872. The van der Waals surface area contributed by atoms with Crippen molar-refractivity contribution in [3.63, 3.8) is 0 Å². The van der Waals surface area contributed by atoms with Crippen LogP contribution >= 0.6 is 11.8 Å². The summed E-state index contributed by atoms with van der Waals surface area (Å²) >= 11 is 1.72. The summed E-state index contributed by atoms with van der Waals surface area (Å²) in [6.07, 6.45) is 5.95. The minimum atomic E-state index is -0.505. The monoisotopic (exact) mass is 439 g/mol. The highest BCUT2D eigenvalue weighted by atomic mass is 32.2. The molecule has 7 nitrogen and oxygen atoms in total. The van der Waals surface area contributed by atoms with Crippen LogP contribution in [-0.2, 0) is 14.4 Å². The number of nitrogens with zero attached hydrogens (tertiary/aromatic N) is 1. The van der Waals surface area contributed by atoms with Crippen LogP contribution in [0.2, 0.25) is 0 Å². The second-order valence-corrected chi connectivity index (χ2v) is 10.8. The van der Waals surface area contributed by atoms with Gasteiger partial charge in [-0.15, -0.1) is 11.8 Å². The Morgan fingerprint density at radius 1 is 1.23 bits per heavy atom. The molecule has 3 aliphatic rings. The first-order valence-corrected chi connectivity index (χ1v) is 12.4.